The van der Waals surface area contributed by atoms with Crippen molar-refractivity contribution in [1.82, 2.24) is 0 Å². The lowest BCUT2D eigenvalue weighted by molar-refractivity contribution is -0.142. The van der Waals surface area contributed by atoms with Gasteiger partial charge in [-0.25, -0.2) is 0 Å². The minimum absolute atomic E-state index is 0.101. The van der Waals surface area contributed by atoms with Crippen LogP contribution in [0.5, 0.6) is 0 Å². The van der Waals surface area contributed by atoms with Crippen molar-refractivity contribution < 1.29 is 5.11 Å². The molecule has 1 N–H and O–H groups in total. The van der Waals surface area contributed by atoms with E-state index >= 15 is 0 Å². The topological polar surface area (TPSA) is 20.2 Å². The summed E-state index contributed by atoms with van der Waals surface area (Å²) in [5.74, 6) is 6.65. The third kappa shape index (κ3) is 2.29. The molecule has 9 atom stereocenters. The molecule has 1 heteroatoms. The van der Waals surface area contributed by atoms with Gasteiger partial charge >= 0.3 is 0 Å². The van der Waals surface area contributed by atoms with Crippen molar-refractivity contribution >= 4 is 0 Å². The first-order chi connectivity index (χ1) is 12.0. The first kappa shape index (κ1) is 17.1. The Morgan fingerprint density at radius 2 is 1.60 bits per heavy atom. The van der Waals surface area contributed by atoms with Crippen molar-refractivity contribution in [2.45, 2.75) is 97.5 Å². The van der Waals surface area contributed by atoms with Crippen LogP contribution in [0.25, 0.3) is 0 Å². The van der Waals surface area contributed by atoms with E-state index in [-0.39, 0.29) is 6.10 Å². The molecule has 0 aliphatic heterocycles. The number of hydrogen-bond donors (Lipinski definition) is 1. The zero-order chi connectivity index (χ0) is 17.4. The molecule has 5 rings (SSSR count). The van der Waals surface area contributed by atoms with Gasteiger partial charge in [-0.15, -0.1) is 0 Å². The largest absolute Gasteiger partial charge is 0.393 e. The van der Waals surface area contributed by atoms with Gasteiger partial charge in [0.15, 0.2) is 0 Å². The van der Waals surface area contributed by atoms with Crippen molar-refractivity contribution in [3.8, 4) is 0 Å². The predicted octanol–water partition coefficient (Wildman–Crippen LogP) is 6.05. The van der Waals surface area contributed by atoms with Crippen LogP contribution < -0.4 is 0 Å². The lowest BCUT2D eigenvalue weighted by Crippen LogP contribution is -2.56. The highest BCUT2D eigenvalue weighted by Gasteiger charge is 2.64. The van der Waals surface area contributed by atoms with Gasteiger partial charge in [0.25, 0.3) is 0 Å². The lowest BCUT2D eigenvalue weighted by atomic mass is 9.42. The van der Waals surface area contributed by atoms with E-state index in [0.29, 0.717) is 11.3 Å². The molecule has 0 radical (unpaired) electrons. The number of aliphatic hydroxyl groups excluding tert-OH is 1. The molecule has 0 heterocycles. The van der Waals surface area contributed by atoms with E-state index in [2.05, 4.69) is 20.8 Å². The Kier molecular flexibility index (Phi) is 3.91. The fourth-order valence-corrected chi connectivity index (χ4v) is 9.44. The highest BCUT2D eigenvalue weighted by atomic mass is 16.3. The Labute approximate surface area is 155 Å². The summed E-state index contributed by atoms with van der Waals surface area (Å²) >= 11 is 0. The monoisotopic (exact) mass is 344 g/mol. The second-order valence-corrected chi connectivity index (χ2v) is 11.4. The second-order valence-electron chi connectivity index (χ2n) is 11.4. The Morgan fingerprint density at radius 3 is 2.32 bits per heavy atom. The molecule has 5 saturated carbocycles. The summed E-state index contributed by atoms with van der Waals surface area (Å²) in [6.07, 6.45) is 16.3. The van der Waals surface area contributed by atoms with Gasteiger partial charge in [-0.05, 0) is 123 Å². The van der Waals surface area contributed by atoms with Gasteiger partial charge in [-0.2, -0.15) is 0 Å². The molecule has 0 saturated heterocycles. The van der Waals surface area contributed by atoms with Gasteiger partial charge in [-0.3, -0.25) is 0 Å². The molecular formula is C24H40O. The van der Waals surface area contributed by atoms with Crippen LogP contribution in [0.2, 0.25) is 0 Å². The summed E-state index contributed by atoms with van der Waals surface area (Å²) < 4.78 is 0. The van der Waals surface area contributed by atoms with E-state index in [1.54, 1.807) is 19.3 Å². The average Bonchev–Trinajstić information content (AvgIpc) is 3.36. The maximum Gasteiger partial charge on any atom is 0.0545 e. The van der Waals surface area contributed by atoms with Crippen LogP contribution in [-0.4, -0.2) is 11.2 Å². The smallest absolute Gasteiger partial charge is 0.0545 e. The van der Waals surface area contributed by atoms with Gasteiger partial charge in [0.2, 0.25) is 0 Å². The summed E-state index contributed by atoms with van der Waals surface area (Å²) in [5.41, 5.74) is 1.19. The Balaban J connectivity index is 1.47. The Hall–Kier alpha value is -0.0400. The van der Waals surface area contributed by atoms with Gasteiger partial charge < -0.3 is 5.11 Å². The zero-order valence-electron chi connectivity index (χ0n) is 16.8. The molecule has 25 heavy (non-hydrogen) atoms. The fourth-order valence-electron chi connectivity index (χ4n) is 9.44. The van der Waals surface area contributed by atoms with Crippen molar-refractivity contribution in [2.75, 3.05) is 0 Å². The highest BCUT2D eigenvalue weighted by Crippen LogP contribution is 2.72. The summed E-state index contributed by atoms with van der Waals surface area (Å²) in [6.45, 7) is 7.15. The minimum Gasteiger partial charge on any atom is -0.393 e. The summed E-state index contributed by atoms with van der Waals surface area (Å²) in [7, 11) is 0. The van der Waals surface area contributed by atoms with E-state index in [1.165, 1.54) is 51.4 Å². The van der Waals surface area contributed by atoms with E-state index < -0.39 is 0 Å². The van der Waals surface area contributed by atoms with E-state index in [0.717, 1.165) is 40.9 Å². The van der Waals surface area contributed by atoms with Gasteiger partial charge in [0.05, 0.1) is 6.10 Å². The number of aliphatic hydroxyl groups is 1. The molecule has 0 spiro atoms. The van der Waals surface area contributed by atoms with Crippen LogP contribution in [0.15, 0.2) is 0 Å². The van der Waals surface area contributed by atoms with Crippen LogP contribution in [0, 0.1) is 52.3 Å². The fraction of sp³-hybridized carbons (Fsp3) is 1.00. The van der Waals surface area contributed by atoms with Crippen LogP contribution in [-0.2, 0) is 0 Å². The molecular weight excluding hydrogens is 304 g/mol. The Bertz CT molecular complexity index is 522. The van der Waals surface area contributed by atoms with E-state index in [4.69, 9.17) is 0 Å². The molecule has 0 bridgehead atoms. The molecule has 0 aromatic heterocycles. The molecule has 0 aromatic carbocycles. The van der Waals surface area contributed by atoms with Crippen molar-refractivity contribution in [3.05, 3.63) is 0 Å². The summed E-state index contributed by atoms with van der Waals surface area (Å²) in [5, 5.41) is 10.4. The first-order valence-electron chi connectivity index (χ1n) is 11.6. The first-order valence-corrected chi connectivity index (χ1v) is 11.6. The Morgan fingerprint density at radius 1 is 0.840 bits per heavy atom. The third-order valence-corrected chi connectivity index (χ3v) is 10.5. The molecule has 1 nitrogen and oxygen atoms in total. The molecule has 142 valence electrons. The lowest BCUT2D eigenvalue weighted by Gasteiger charge is -2.63. The minimum atomic E-state index is -0.101. The van der Waals surface area contributed by atoms with Crippen molar-refractivity contribution in [3.63, 3.8) is 0 Å². The van der Waals surface area contributed by atoms with E-state index in [9.17, 15) is 5.11 Å². The van der Waals surface area contributed by atoms with Crippen LogP contribution in [0.4, 0.5) is 0 Å². The average molecular weight is 345 g/mol. The number of fused-ring (bicyclic) bond motifs is 5. The zero-order valence-corrected chi connectivity index (χ0v) is 16.8. The van der Waals surface area contributed by atoms with Crippen molar-refractivity contribution in [2.24, 2.45) is 52.3 Å². The maximum absolute atomic E-state index is 10.4. The summed E-state index contributed by atoms with van der Waals surface area (Å²) in [4.78, 5) is 0. The standard InChI is InChI=1S/C24H40O/c1-15-10-13-24(17-4-5-17)18(14-15)6-7-19-21-9-8-20(16(2)25)23(21,3)12-11-22(19)24/h15-22,25H,4-14H2,1-3H3. The molecule has 5 fully saturated rings. The summed E-state index contributed by atoms with van der Waals surface area (Å²) in [6, 6.07) is 0. The highest BCUT2D eigenvalue weighted by molar-refractivity contribution is 5.13. The van der Waals surface area contributed by atoms with Gasteiger partial charge in [0, 0.05) is 0 Å². The van der Waals surface area contributed by atoms with Gasteiger partial charge in [-0.1, -0.05) is 20.3 Å². The quantitative estimate of drug-likeness (QED) is 0.646. The molecule has 0 aromatic rings. The van der Waals surface area contributed by atoms with Crippen LogP contribution >= 0.6 is 0 Å². The predicted molar refractivity (Wildman–Crippen MR) is 103 cm³/mol. The SMILES string of the molecule is CC1CCC2(C3CC3)C(CCC3C4CCC(C(C)O)C4(C)CCC32)C1. The number of rotatable bonds is 2. The van der Waals surface area contributed by atoms with E-state index in [1.807, 2.05) is 0 Å². The second kappa shape index (κ2) is 5.73. The number of hydrogen-bond acceptors (Lipinski definition) is 1. The molecule has 0 amide bonds. The van der Waals surface area contributed by atoms with Crippen LogP contribution in [0.1, 0.15) is 91.4 Å². The maximum atomic E-state index is 10.4. The third-order valence-electron chi connectivity index (χ3n) is 10.5. The van der Waals surface area contributed by atoms with Crippen LogP contribution in [0.3, 0.4) is 0 Å². The molecule has 5 aliphatic rings. The molecule has 5 aliphatic carbocycles. The normalized spacial score (nSPS) is 56.6. The molecule has 9 unspecified atom stereocenters. The van der Waals surface area contributed by atoms with Gasteiger partial charge in [0.1, 0.15) is 0 Å². The van der Waals surface area contributed by atoms with Crippen molar-refractivity contribution in [1.29, 1.82) is 0 Å².